The van der Waals surface area contributed by atoms with E-state index in [2.05, 4.69) is 10.2 Å². The van der Waals surface area contributed by atoms with Crippen LogP contribution in [0, 0.1) is 23.6 Å². The van der Waals surface area contributed by atoms with Gasteiger partial charge in [-0.2, -0.15) is 0 Å². The van der Waals surface area contributed by atoms with Crippen molar-refractivity contribution in [2.24, 2.45) is 23.5 Å². The van der Waals surface area contributed by atoms with Crippen molar-refractivity contribution < 1.29 is 23.9 Å². The first-order chi connectivity index (χ1) is 15.3. The lowest BCUT2D eigenvalue weighted by molar-refractivity contribution is -0.135. The number of hydrogen-bond donors (Lipinski definition) is 3. The van der Waals surface area contributed by atoms with Gasteiger partial charge in [0.05, 0.1) is 6.10 Å². The Hall–Kier alpha value is -2.32. The van der Waals surface area contributed by atoms with Gasteiger partial charge < -0.3 is 21.1 Å². The lowest BCUT2D eigenvalue weighted by atomic mass is 9.78. The minimum absolute atomic E-state index is 0.0596. The molecule has 4 N–H and O–H groups in total. The van der Waals surface area contributed by atoms with Gasteiger partial charge in [-0.3, -0.25) is 14.4 Å². The van der Waals surface area contributed by atoms with Gasteiger partial charge in [-0.1, -0.05) is 12.8 Å². The number of halogens is 1. The molecule has 176 valence electrons. The Labute approximate surface area is 188 Å². The highest BCUT2D eigenvalue weighted by Crippen LogP contribution is 2.30. The van der Waals surface area contributed by atoms with Crippen molar-refractivity contribution in [1.29, 1.82) is 0 Å². The number of aliphatic hydroxyl groups excluding tert-OH is 1. The largest absolute Gasteiger partial charge is 0.391 e. The van der Waals surface area contributed by atoms with Crippen LogP contribution in [0.1, 0.15) is 55.3 Å². The Kier molecular flexibility index (Phi) is 8.75. The van der Waals surface area contributed by atoms with Crippen LogP contribution in [0.4, 0.5) is 4.39 Å². The van der Waals surface area contributed by atoms with Crippen LogP contribution in [0.3, 0.4) is 0 Å². The number of nitrogens with one attached hydrogen (secondary N) is 1. The summed E-state index contributed by atoms with van der Waals surface area (Å²) in [7, 11) is 0. The third kappa shape index (κ3) is 6.59. The molecular formula is C24H34FN3O4. The number of rotatable bonds is 9. The van der Waals surface area contributed by atoms with Crippen LogP contribution in [-0.2, 0) is 9.59 Å². The summed E-state index contributed by atoms with van der Waals surface area (Å²) in [5, 5.41) is 13.1. The lowest BCUT2D eigenvalue weighted by Crippen LogP contribution is -2.44. The molecule has 1 saturated heterocycles. The summed E-state index contributed by atoms with van der Waals surface area (Å²) in [6.45, 7) is 2.36. The number of nitrogens with two attached hydrogens (primary N) is 1. The van der Waals surface area contributed by atoms with Gasteiger partial charge in [0.15, 0.2) is 5.78 Å². The molecule has 1 aromatic carbocycles. The number of Topliss-reactive ketones (excluding diaryl/α,β-unsaturated/α-hetero) is 1. The maximum atomic E-state index is 13.1. The normalized spacial score (nSPS) is 23.4. The van der Waals surface area contributed by atoms with Crippen molar-refractivity contribution in [3.8, 4) is 0 Å². The van der Waals surface area contributed by atoms with E-state index in [0.717, 1.165) is 38.8 Å². The molecule has 32 heavy (non-hydrogen) atoms. The first kappa shape index (κ1) is 24.3. The highest BCUT2D eigenvalue weighted by molar-refractivity contribution is 5.97. The molecule has 0 aromatic heterocycles. The number of nitrogens with zero attached hydrogens (tertiary/aromatic N) is 1. The first-order valence-electron chi connectivity index (χ1n) is 11.6. The third-order valence-electron chi connectivity index (χ3n) is 6.85. The smallest absolute Gasteiger partial charge is 0.224 e. The van der Waals surface area contributed by atoms with E-state index >= 15 is 0 Å². The number of benzene rings is 1. The zero-order valence-electron chi connectivity index (χ0n) is 18.5. The molecule has 3 atom stereocenters. The summed E-state index contributed by atoms with van der Waals surface area (Å²) in [6, 6.07) is 5.69. The van der Waals surface area contributed by atoms with Crippen molar-refractivity contribution in [3.05, 3.63) is 35.6 Å². The van der Waals surface area contributed by atoms with Gasteiger partial charge in [0, 0.05) is 36.4 Å². The Morgan fingerprint density at radius 1 is 1.06 bits per heavy atom. The van der Waals surface area contributed by atoms with Crippen molar-refractivity contribution >= 4 is 17.6 Å². The summed E-state index contributed by atoms with van der Waals surface area (Å²) in [4.78, 5) is 38.9. The molecular weight excluding hydrogens is 413 g/mol. The Morgan fingerprint density at radius 2 is 1.69 bits per heavy atom. The van der Waals surface area contributed by atoms with E-state index < -0.39 is 23.8 Å². The fourth-order valence-electron chi connectivity index (χ4n) is 4.84. The van der Waals surface area contributed by atoms with Crippen LogP contribution < -0.4 is 11.1 Å². The first-order valence-corrected chi connectivity index (χ1v) is 11.6. The van der Waals surface area contributed by atoms with E-state index in [0.29, 0.717) is 31.4 Å². The molecule has 2 fully saturated rings. The summed E-state index contributed by atoms with van der Waals surface area (Å²) < 4.78 is 13.1. The number of amides is 2. The van der Waals surface area contributed by atoms with E-state index in [1.165, 1.54) is 24.3 Å². The van der Waals surface area contributed by atoms with Gasteiger partial charge in [-0.05, 0) is 69.5 Å². The average molecular weight is 448 g/mol. The molecule has 1 saturated carbocycles. The fraction of sp³-hybridized carbons (Fsp3) is 0.625. The molecule has 3 rings (SSSR count). The molecule has 1 aliphatic heterocycles. The number of likely N-dealkylation sites (tertiary alicyclic amines) is 1. The molecule has 2 aliphatic rings. The second-order valence-electron chi connectivity index (χ2n) is 9.07. The number of ketones is 1. The number of primary amides is 1. The molecule has 8 heteroatoms. The molecule has 0 spiro atoms. The molecule has 0 bridgehead atoms. The minimum atomic E-state index is -0.673. The molecule has 3 unspecified atom stereocenters. The summed E-state index contributed by atoms with van der Waals surface area (Å²) in [6.07, 6.45) is 4.43. The molecule has 7 nitrogen and oxygen atoms in total. The van der Waals surface area contributed by atoms with E-state index in [-0.39, 0.29) is 30.0 Å². The fourth-order valence-corrected chi connectivity index (χ4v) is 4.84. The van der Waals surface area contributed by atoms with Gasteiger partial charge in [0.25, 0.3) is 0 Å². The number of carbonyl (C=O) groups excluding carboxylic acids is 3. The third-order valence-corrected chi connectivity index (χ3v) is 6.85. The quantitative estimate of drug-likeness (QED) is 0.501. The van der Waals surface area contributed by atoms with Gasteiger partial charge in [-0.25, -0.2) is 4.39 Å². The van der Waals surface area contributed by atoms with E-state index in [1.54, 1.807) is 0 Å². The van der Waals surface area contributed by atoms with Crippen LogP contribution in [0.2, 0.25) is 0 Å². The van der Waals surface area contributed by atoms with Crippen molar-refractivity contribution in [2.45, 2.75) is 51.0 Å². The van der Waals surface area contributed by atoms with Crippen LogP contribution >= 0.6 is 0 Å². The molecule has 0 radical (unpaired) electrons. The predicted octanol–water partition coefficient (Wildman–Crippen LogP) is 1.88. The standard InChI is InChI=1S/C24H34FN3O4/c25-18-7-5-16(6-8-18)22(30)17-9-12-28(13-10-17)14-11-19(29)15-27-24(32)21-4-2-1-3-20(21)23(26)31/h5-8,17,19-21,29H,1-4,9-15H2,(H2,26,31)(H,27,32). The summed E-state index contributed by atoms with van der Waals surface area (Å²) in [5.74, 6) is -1.79. The average Bonchev–Trinajstić information content (AvgIpc) is 2.81. The van der Waals surface area contributed by atoms with E-state index in [4.69, 9.17) is 5.73 Å². The Morgan fingerprint density at radius 3 is 2.31 bits per heavy atom. The maximum Gasteiger partial charge on any atom is 0.224 e. The second-order valence-corrected chi connectivity index (χ2v) is 9.07. The zero-order chi connectivity index (χ0) is 23.1. The van der Waals surface area contributed by atoms with E-state index in [9.17, 15) is 23.9 Å². The molecule has 1 heterocycles. The maximum absolute atomic E-state index is 13.1. The monoisotopic (exact) mass is 447 g/mol. The van der Waals surface area contributed by atoms with Crippen LogP contribution in [0.5, 0.6) is 0 Å². The van der Waals surface area contributed by atoms with Crippen LogP contribution in [0.25, 0.3) is 0 Å². The topological polar surface area (TPSA) is 113 Å². The molecule has 1 aromatic rings. The number of piperidine rings is 1. The van der Waals surface area contributed by atoms with Gasteiger partial charge in [0.2, 0.25) is 11.8 Å². The highest BCUT2D eigenvalue weighted by atomic mass is 19.1. The predicted molar refractivity (Wildman–Crippen MR) is 118 cm³/mol. The van der Waals surface area contributed by atoms with Gasteiger partial charge >= 0.3 is 0 Å². The number of aliphatic hydroxyl groups is 1. The van der Waals surface area contributed by atoms with Crippen molar-refractivity contribution in [1.82, 2.24) is 10.2 Å². The van der Waals surface area contributed by atoms with E-state index in [1.807, 2.05) is 0 Å². The summed E-state index contributed by atoms with van der Waals surface area (Å²) >= 11 is 0. The van der Waals surface area contributed by atoms with Crippen molar-refractivity contribution in [3.63, 3.8) is 0 Å². The Bertz CT molecular complexity index is 793. The summed E-state index contributed by atoms with van der Waals surface area (Å²) in [5.41, 5.74) is 5.99. The van der Waals surface area contributed by atoms with Crippen molar-refractivity contribution in [2.75, 3.05) is 26.2 Å². The Balaban J connectivity index is 1.35. The zero-order valence-corrected chi connectivity index (χ0v) is 18.5. The second kappa shape index (κ2) is 11.5. The number of carbonyl (C=O) groups is 3. The van der Waals surface area contributed by atoms with Crippen LogP contribution in [-0.4, -0.2) is 59.9 Å². The highest BCUT2D eigenvalue weighted by Gasteiger charge is 2.34. The van der Waals surface area contributed by atoms with Gasteiger partial charge in [-0.15, -0.1) is 0 Å². The SMILES string of the molecule is NC(=O)C1CCCCC1C(=O)NCC(O)CCN1CCC(C(=O)c2ccc(F)cc2)CC1. The van der Waals surface area contributed by atoms with Crippen LogP contribution in [0.15, 0.2) is 24.3 Å². The molecule has 2 amide bonds. The minimum Gasteiger partial charge on any atom is -0.391 e. The number of hydrogen-bond acceptors (Lipinski definition) is 5. The van der Waals surface area contributed by atoms with Gasteiger partial charge in [0.1, 0.15) is 5.82 Å². The molecule has 1 aliphatic carbocycles. The lowest BCUT2D eigenvalue weighted by Gasteiger charge is -2.32.